The highest BCUT2D eigenvalue weighted by Crippen LogP contribution is 2.28. The van der Waals surface area contributed by atoms with Gasteiger partial charge < -0.3 is 4.74 Å². The van der Waals surface area contributed by atoms with Gasteiger partial charge >= 0.3 is 0 Å². The number of hydrogen-bond donors (Lipinski definition) is 1. The van der Waals surface area contributed by atoms with E-state index in [1.807, 2.05) is 0 Å². The zero-order valence-electron chi connectivity index (χ0n) is 10.7. The molecule has 0 spiro atoms. The van der Waals surface area contributed by atoms with Crippen LogP contribution in [0.5, 0.6) is 5.75 Å². The first-order valence-electron chi connectivity index (χ1n) is 5.65. The van der Waals surface area contributed by atoms with Gasteiger partial charge in [0.1, 0.15) is 11.6 Å². The summed E-state index contributed by atoms with van der Waals surface area (Å²) in [5, 5.41) is -0.0786. The molecule has 0 fully saturated rings. The Morgan fingerprint density at radius 1 is 1.24 bits per heavy atom. The molecule has 0 amide bonds. The highest BCUT2D eigenvalue weighted by Gasteiger charge is 2.16. The van der Waals surface area contributed by atoms with Gasteiger partial charge in [-0.3, -0.25) is 4.72 Å². The van der Waals surface area contributed by atoms with Gasteiger partial charge in [-0.2, -0.15) is 0 Å². The van der Waals surface area contributed by atoms with Crippen molar-refractivity contribution in [3.05, 3.63) is 51.7 Å². The van der Waals surface area contributed by atoms with Crippen LogP contribution in [0.15, 0.2) is 45.8 Å². The van der Waals surface area contributed by atoms with Crippen LogP contribution in [-0.4, -0.2) is 15.5 Å². The summed E-state index contributed by atoms with van der Waals surface area (Å²) in [6, 6.07) is 7.96. The van der Waals surface area contributed by atoms with Gasteiger partial charge in [0.15, 0.2) is 0 Å². The topological polar surface area (TPSA) is 55.4 Å². The maximum Gasteiger partial charge on any atom is 0.261 e. The second-order valence-electron chi connectivity index (χ2n) is 4.03. The third-order valence-electron chi connectivity index (χ3n) is 2.61. The van der Waals surface area contributed by atoms with Crippen LogP contribution in [0, 0.1) is 5.82 Å². The molecule has 0 radical (unpaired) electrons. The minimum absolute atomic E-state index is 0.0190. The highest BCUT2D eigenvalue weighted by atomic mass is 79.9. The number of methoxy groups -OCH3 is 1. The lowest BCUT2D eigenvalue weighted by Gasteiger charge is -2.10. The second kappa shape index (κ2) is 6.21. The highest BCUT2D eigenvalue weighted by molar-refractivity contribution is 9.10. The van der Waals surface area contributed by atoms with Crippen molar-refractivity contribution in [3.63, 3.8) is 0 Å². The summed E-state index contributed by atoms with van der Waals surface area (Å²) < 4.78 is 45.6. The standard InChI is InChI=1S/C13H10BrClFNO3S/c1-20-13-5-3-9(7-10(13)14)21(18,19)17-8-2-4-11(15)12(16)6-8/h2-7,17H,1H3. The lowest BCUT2D eigenvalue weighted by Crippen LogP contribution is -2.13. The number of halogens is 3. The maximum atomic E-state index is 13.3. The Balaban J connectivity index is 2.33. The molecule has 112 valence electrons. The van der Waals surface area contributed by atoms with E-state index in [0.29, 0.717) is 10.2 Å². The van der Waals surface area contributed by atoms with Crippen molar-refractivity contribution >= 4 is 43.2 Å². The van der Waals surface area contributed by atoms with Crippen molar-refractivity contribution in [2.24, 2.45) is 0 Å². The summed E-state index contributed by atoms with van der Waals surface area (Å²) in [6.45, 7) is 0. The fourth-order valence-corrected chi connectivity index (χ4v) is 3.47. The number of benzene rings is 2. The van der Waals surface area contributed by atoms with Crippen molar-refractivity contribution < 1.29 is 17.5 Å². The van der Waals surface area contributed by atoms with Crippen LogP contribution in [0.4, 0.5) is 10.1 Å². The Morgan fingerprint density at radius 3 is 2.52 bits per heavy atom. The first-order chi connectivity index (χ1) is 9.83. The Kier molecular flexibility index (Phi) is 4.75. The van der Waals surface area contributed by atoms with Crippen LogP contribution in [0.3, 0.4) is 0 Å². The normalized spacial score (nSPS) is 11.2. The Labute approximate surface area is 135 Å². The second-order valence-corrected chi connectivity index (χ2v) is 6.97. The van der Waals surface area contributed by atoms with Crippen molar-refractivity contribution in [1.82, 2.24) is 0 Å². The predicted octanol–water partition coefficient (Wildman–Crippen LogP) is 4.05. The first-order valence-corrected chi connectivity index (χ1v) is 8.30. The number of rotatable bonds is 4. The van der Waals surface area contributed by atoms with Gasteiger partial charge in [-0.1, -0.05) is 11.6 Å². The fourth-order valence-electron chi connectivity index (χ4n) is 1.59. The van der Waals surface area contributed by atoms with E-state index >= 15 is 0 Å². The lowest BCUT2D eigenvalue weighted by molar-refractivity contribution is 0.411. The molecule has 0 unspecified atom stereocenters. The molecular weight excluding hydrogens is 385 g/mol. The Bertz CT molecular complexity index is 783. The van der Waals surface area contributed by atoms with E-state index in [0.717, 1.165) is 6.07 Å². The van der Waals surface area contributed by atoms with E-state index in [1.54, 1.807) is 0 Å². The summed E-state index contributed by atoms with van der Waals surface area (Å²) >= 11 is 8.76. The zero-order valence-corrected chi connectivity index (χ0v) is 13.9. The third kappa shape index (κ3) is 3.66. The molecule has 2 rings (SSSR count). The van der Waals surface area contributed by atoms with Gasteiger partial charge in [0.2, 0.25) is 0 Å². The van der Waals surface area contributed by atoms with Crippen LogP contribution in [0.25, 0.3) is 0 Å². The molecule has 4 nitrogen and oxygen atoms in total. The van der Waals surface area contributed by atoms with Gasteiger partial charge in [0.05, 0.1) is 27.2 Å². The summed E-state index contributed by atoms with van der Waals surface area (Å²) in [5.74, 6) is -0.195. The van der Waals surface area contributed by atoms with E-state index in [-0.39, 0.29) is 15.6 Å². The van der Waals surface area contributed by atoms with E-state index < -0.39 is 15.8 Å². The molecule has 1 N–H and O–H groups in total. The fraction of sp³-hybridized carbons (Fsp3) is 0.0769. The Morgan fingerprint density at radius 2 is 1.95 bits per heavy atom. The van der Waals surface area contributed by atoms with Crippen LogP contribution in [-0.2, 0) is 10.0 Å². The first kappa shape index (κ1) is 16.1. The lowest BCUT2D eigenvalue weighted by atomic mass is 10.3. The molecular formula is C13H10BrClFNO3S. The van der Waals surface area contributed by atoms with Crippen molar-refractivity contribution in [3.8, 4) is 5.75 Å². The predicted molar refractivity (Wildman–Crippen MR) is 82.9 cm³/mol. The molecule has 2 aromatic rings. The average molecular weight is 395 g/mol. The molecule has 0 aliphatic carbocycles. The minimum atomic E-state index is -3.84. The van der Waals surface area contributed by atoms with Crippen LogP contribution in [0.1, 0.15) is 0 Å². The molecule has 0 aliphatic heterocycles. The van der Waals surface area contributed by atoms with Crippen LogP contribution in [0.2, 0.25) is 5.02 Å². The van der Waals surface area contributed by atoms with Crippen molar-refractivity contribution in [1.29, 1.82) is 0 Å². The molecule has 8 heteroatoms. The van der Waals surface area contributed by atoms with Gasteiger partial charge in [0, 0.05) is 0 Å². The maximum absolute atomic E-state index is 13.3. The van der Waals surface area contributed by atoms with Crippen molar-refractivity contribution in [2.45, 2.75) is 4.90 Å². The molecule has 0 saturated heterocycles. The number of ether oxygens (including phenoxy) is 1. The van der Waals surface area contributed by atoms with Gasteiger partial charge in [-0.25, -0.2) is 12.8 Å². The van der Waals surface area contributed by atoms with Gasteiger partial charge in [-0.15, -0.1) is 0 Å². The van der Waals surface area contributed by atoms with E-state index in [2.05, 4.69) is 20.7 Å². The number of anilines is 1. The third-order valence-corrected chi connectivity index (χ3v) is 4.91. The molecule has 2 aromatic carbocycles. The summed E-state index contributed by atoms with van der Waals surface area (Å²) in [7, 11) is -2.36. The number of nitrogens with one attached hydrogen (secondary N) is 1. The van der Waals surface area contributed by atoms with Gasteiger partial charge in [0.25, 0.3) is 10.0 Å². The molecule has 21 heavy (non-hydrogen) atoms. The smallest absolute Gasteiger partial charge is 0.261 e. The number of hydrogen-bond acceptors (Lipinski definition) is 3. The van der Waals surface area contributed by atoms with Crippen molar-refractivity contribution in [2.75, 3.05) is 11.8 Å². The SMILES string of the molecule is COc1ccc(S(=O)(=O)Nc2ccc(Cl)c(F)c2)cc1Br. The summed E-state index contributed by atoms with van der Waals surface area (Å²) in [4.78, 5) is 0.0190. The largest absolute Gasteiger partial charge is 0.496 e. The van der Waals surface area contributed by atoms with Crippen LogP contribution >= 0.6 is 27.5 Å². The molecule has 0 saturated carbocycles. The Hall–Kier alpha value is -1.31. The average Bonchev–Trinajstić information content (AvgIpc) is 2.42. The van der Waals surface area contributed by atoms with E-state index in [9.17, 15) is 12.8 Å². The quantitative estimate of drug-likeness (QED) is 0.851. The van der Waals surface area contributed by atoms with E-state index in [4.69, 9.17) is 16.3 Å². The molecule has 0 heterocycles. The molecule has 0 bridgehead atoms. The van der Waals surface area contributed by atoms with E-state index in [1.165, 1.54) is 37.4 Å². The summed E-state index contributed by atoms with van der Waals surface area (Å²) in [5.41, 5.74) is 0.0869. The van der Waals surface area contributed by atoms with Gasteiger partial charge in [-0.05, 0) is 52.3 Å². The molecule has 0 aromatic heterocycles. The molecule has 0 aliphatic rings. The van der Waals surface area contributed by atoms with Crippen LogP contribution < -0.4 is 9.46 Å². The minimum Gasteiger partial charge on any atom is -0.496 e. The monoisotopic (exact) mass is 393 g/mol. The number of sulfonamides is 1. The molecule has 0 atom stereocenters. The zero-order chi connectivity index (χ0) is 15.6. The summed E-state index contributed by atoms with van der Waals surface area (Å²) in [6.07, 6.45) is 0.